The van der Waals surface area contributed by atoms with Crippen molar-refractivity contribution in [2.24, 2.45) is 0 Å². The lowest BCUT2D eigenvalue weighted by Crippen LogP contribution is -2.12. The Labute approximate surface area is 78.9 Å². The van der Waals surface area contributed by atoms with Crippen molar-refractivity contribution in [2.45, 2.75) is 0 Å². The van der Waals surface area contributed by atoms with E-state index >= 15 is 0 Å². The molecule has 72 valence electrons. The van der Waals surface area contributed by atoms with Gasteiger partial charge >= 0.3 is 5.97 Å². The molecular weight excluding hydrogens is 184 g/mol. The van der Waals surface area contributed by atoms with Gasteiger partial charge in [0.25, 0.3) is 0 Å². The molecule has 14 heavy (non-hydrogen) atoms. The standard InChI is InChI=1S/C8H8N4O2/c13-7(14)4-9-5-2-1-3-6-8(5)11-12-10-6/h1-3,9H,4H2,(H,13,14)(H,10,11,12). The van der Waals surface area contributed by atoms with Crippen molar-refractivity contribution in [3.8, 4) is 0 Å². The second-order valence-corrected chi connectivity index (χ2v) is 2.76. The molecular formula is C8H8N4O2. The Morgan fingerprint density at radius 1 is 1.57 bits per heavy atom. The first-order chi connectivity index (χ1) is 6.77. The maximum atomic E-state index is 10.3. The number of carboxylic acids is 1. The van der Waals surface area contributed by atoms with Crippen molar-refractivity contribution in [3.63, 3.8) is 0 Å². The molecule has 0 aliphatic carbocycles. The molecule has 0 atom stereocenters. The van der Waals surface area contributed by atoms with E-state index in [2.05, 4.69) is 20.7 Å². The lowest BCUT2D eigenvalue weighted by atomic mass is 10.2. The number of rotatable bonds is 3. The van der Waals surface area contributed by atoms with E-state index in [0.29, 0.717) is 11.2 Å². The van der Waals surface area contributed by atoms with Gasteiger partial charge in [-0.05, 0) is 12.1 Å². The van der Waals surface area contributed by atoms with Gasteiger partial charge in [0.15, 0.2) is 0 Å². The molecule has 0 saturated heterocycles. The maximum Gasteiger partial charge on any atom is 0.322 e. The molecule has 0 radical (unpaired) electrons. The highest BCUT2D eigenvalue weighted by Gasteiger charge is 2.04. The number of nitrogens with one attached hydrogen (secondary N) is 2. The fourth-order valence-electron chi connectivity index (χ4n) is 1.18. The molecule has 1 aromatic heterocycles. The fraction of sp³-hybridized carbons (Fsp3) is 0.125. The van der Waals surface area contributed by atoms with Crippen molar-refractivity contribution in [3.05, 3.63) is 18.2 Å². The van der Waals surface area contributed by atoms with Crippen molar-refractivity contribution in [1.29, 1.82) is 0 Å². The zero-order valence-electron chi connectivity index (χ0n) is 7.19. The lowest BCUT2D eigenvalue weighted by molar-refractivity contribution is -0.134. The van der Waals surface area contributed by atoms with E-state index in [1.54, 1.807) is 12.1 Å². The Bertz CT molecular complexity index is 465. The molecule has 6 heteroatoms. The van der Waals surface area contributed by atoms with Crippen LogP contribution in [-0.2, 0) is 4.79 Å². The lowest BCUT2D eigenvalue weighted by Gasteiger charge is -2.02. The monoisotopic (exact) mass is 192 g/mol. The molecule has 2 rings (SSSR count). The highest BCUT2D eigenvalue weighted by molar-refractivity contribution is 5.88. The van der Waals surface area contributed by atoms with Crippen LogP contribution in [-0.4, -0.2) is 33.0 Å². The van der Waals surface area contributed by atoms with Crippen LogP contribution in [0.25, 0.3) is 11.0 Å². The number of fused-ring (bicyclic) bond motifs is 1. The normalized spacial score (nSPS) is 10.3. The third kappa shape index (κ3) is 1.49. The van der Waals surface area contributed by atoms with Crippen LogP contribution in [0.4, 0.5) is 5.69 Å². The van der Waals surface area contributed by atoms with Gasteiger partial charge in [0.05, 0.1) is 11.2 Å². The molecule has 0 fully saturated rings. The minimum absolute atomic E-state index is 0.133. The van der Waals surface area contributed by atoms with Crippen LogP contribution >= 0.6 is 0 Å². The smallest absolute Gasteiger partial charge is 0.322 e. The molecule has 2 aromatic rings. The SMILES string of the molecule is O=C(O)CNc1cccc2[nH]nnc12. The van der Waals surface area contributed by atoms with E-state index in [0.717, 1.165) is 5.52 Å². The summed E-state index contributed by atoms with van der Waals surface area (Å²) in [5.74, 6) is -0.912. The summed E-state index contributed by atoms with van der Waals surface area (Å²) in [5, 5.41) is 21.4. The topological polar surface area (TPSA) is 90.9 Å². The average Bonchev–Trinajstić information content (AvgIpc) is 2.62. The molecule has 0 unspecified atom stereocenters. The number of hydrogen-bond donors (Lipinski definition) is 3. The summed E-state index contributed by atoms with van der Waals surface area (Å²) in [6, 6.07) is 5.38. The summed E-state index contributed by atoms with van der Waals surface area (Å²) in [7, 11) is 0. The first-order valence-electron chi connectivity index (χ1n) is 4.03. The molecule has 0 saturated carbocycles. The number of H-pyrrole nitrogens is 1. The number of anilines is 1. The van der Waals surface area contributed by atoms with E-state index < -0.39 is 5.97 Å². The van der Waals surface area contributed by atoms with Crippen LogP contribution in [0.3, 0.4) is 0 Å². The predicted molar refractivity (Wildman–Crippen MR) is 50.0 cm³/mol. The summed E-state index contributed by atoms with van der Waals surface area (Å²) >= 11 is 0. The summed E-state index contributed by atoms with van der Waals surface area (Å²) in [5.41, 5.74) is 2.09. The summed E-state index contributed by atoms with van der Waals surface area (Å²) in [6.45, 7) is -0.133. The van der Waals surface area contributed by atoms with Gasteiger partial charge in [-0.15, -0.1) is 5.10 Å². The number of carbonyl (C=O) groups is 1. The van der Waals surface area contributed by atoms with Crippen molar-refractivity contribution >= 4 is 22.7 Å². The van der Waals surface area contributed by atoms with E-state index in [4.69, 9.17) is 5.11 Å². The van der Waals surface area contributed by atoms with E-state index in [9.17, 15) is 4.79 Å². The Morgan fingerprint density at radius 3 is 3.21 bits per heavy atom. The second-order valence-electron chi connectivity index (χ2n) is 2.76. The van der Waals surface area contributed by atoms with Crippen molar-refractivity contribution in [2.75, 3.05) is 11.9 Å². The molecule has 0 spiro atoms. The molecule has 0 aliphatic heterocycles. The minimum Gasteiger partial charge on any atom is -0.480 e. The quantitative estimate of drug-likeness (QED) is 0.657. The van der Waals surface area contributed by atoms with Crippen LogP contribution in [0.15, 0.2) is 18.2 Å². The van der Waals surface area contributed by atoms with Gasteiger partial charge in [-0.1, -0.05) is 11.3 Å². The van der Waals surface area contributed by atoms with Gasteiger partial charge in [0.1, 0.15) is 12.1 Å². The first kappa shape index (κ1) is 8.49. The van der Waals surface area contributed by atoms with E-state index in [-0.39, 0.29) is 6.54 Å². The average molecular weight is 192 g/mol. The fourth-order valence-corrected chi connectivity index (χ4v) is 1.18. The Kier molecular flexibility index (Phi) is 2.02. The zero-order valence-corrected chi connectivity index (χ0v) is 7.19. The molecule has 1 heterocycles. The number of aromatic amines is 1. The van der Waals surface area contributed by atoms with E-state index in [1.807, 2.05) is 6.07 Å². The van der Waals surface area contributed by atoms with Crippen LogP contribution in [0.5, 0.6) is 0 Å². The van der Waals surface area contributed by atoms with Gasteiger partial charge in [-0.2, -0.15) is 0 Å². The number of aliphatic carboxylic acids is 1. The Morgan fingerprint density at radius 2 is 2.43 bits per heavy atom. The first-order valence-corrected chi connectivity index (χ1v) is 4.03. The number of benzene rings is 1. The van der Waals surface area contributed by atoms with Crippen molar-refractivity contribution in [1.82, 2.24) is 15.4 Å². The van der Waals surface area contributed by atoms with Crippen LogP contribution in [0.1, 0.15) is 0 Å². The summed E-state index contributed by atoms with van der Waals surface area (Å²) < 4.78 is 0. The Balaban J connectivity index is 2.32. The van der Waals surface area contributed by atoms with Crippen LogP contribution in [0, 0.1) is 0 Å². The van der Waals surface area contributed by atoms with E-state index in [1.165, 1.54) is 0 Å². The largest absolute Gasteiger partial charge is 0.480 e. The molecule has 1 aromatic carbocycles. The second kappa shape index (κ2) is 3.33. The summed E-state index contributed by atoms with van der Waals surface area (Å²) in [6.07, 6.45) is 0. The third-order valence-corrected chi connectivity index (χ3v) is 1.79. The van der Waals surface area contributed by atoms with Gasteiger partial charge < -0.3 is 10.4 Å². The zero-order chi connectivity index (χ0) is 9.97. The third-order valence-electron chi connectivity index (χ3n) is 1.79. The van der Waals surface area contributed by atoms with Gasteiger partial charge in [0.2, 0.25) is 0 Å². The van der Waals surface area contributed by atoms with Crippen LogP contribution in [0.2, 0.25) is 0 Å². The Hall–Kier alpha value is -2.11. The number of carboxylic acid groups (broad SMARTS) is 1. The van der Waals surface area contributed by atoms with Gasteiger partial charge in [-0.3, -0.25) is 9.89 Å². The van der Waals surface area contributed by atoms with Crippen LogP contribution < -0.4 is 5.32 Å². The van der Waals surface area contributed by atoms with Gasteiger partial charge in [0, 0.05) is 0 Å². The highest BCUT2D eigenvalue weighted by atomic mass is 16.4. The number of hydrogen-bond acceptors (Lipinski definition) is 4. The summed E-state index contributed by atoms with van der Waals surface area (Å²) in [4.78, 5) is 10.3. The minimum atomic E-state index is -0.912. The number of aromatic nitrogens is 3. The maximum absolute atomic E-state index is 10.3. The molecule has 6 nitrogen and oxygen atoms in total. The van der Waals surface area contributed by atoms with Crippen molar-refractivity contribution < 1.29 is 9.90 Å². The molecule has 0 amide bonds. The number of nitrogens with zero attached hydrogens (tertiary/aromatic N) is 2. The van der Waals surface area contributed by atoms with Gasteiger partial charge in [-0.25, -0.2) is 0 Å². The predicted octanol–water partition coefficient (Wildman–Crippen LogP) is 0.454. The highest BCUT2D eigenvalue weighted by Crippen LogP contribution is 2.17. The molecule has 3 N–H and O–H groups in total. The molecule has 0 bridgehead atoms. The molecule has 0 aliphatic rings.